The molecule has 0 aliphatic rings. The van der Waals surface area contributed by atoms with E-state index in [-0.39, 0.29) is 4.90 Å². The van der Waals surface area contributed by atoms with Crippen molar-refractivity contribution in [2.75, 3.05) is 12.0 Å². The fraction of sp³-hybridized carbons (Fsp3) is 0.154. The first kappa shape index (κ1) is 13.1. The molecule has 0 aliphatic carbocycles. The van der Waals surface area contributed by atoms with Crippen molar-refractivity contribution < 1.29 is 8.42 Å². The molecule has 1 aromatic carbocycles. The fourth-order valence-corrected chi connectivity index (χ4v) is 3.70. The van der Waals surface area contributed by atoms with Gasteiger partial charge in [0.25, 0.3) is 0 Å². The second-order valence-corrected chi connectivity index (χ2v) is 7.52. The number of sulfone groups is 1. The molecule has 0 unspecified atom stereocenters. The number of nitrogens with zero attached hydrogens (tertiary/aromatic N) is 2. The van der Waals surface area contributed by atoms with Crippen molar-refractivity contribution in [1.82, 2.24) is 9.55 Å². The van der Waals surface area contributed by atoms with Crippen LogP contribution in [0.2, 0.25) is 0 Å². The third-order valence-corrected chi connectivity index (χ3v) is 5.08. The predicted octanol–water partition coefficient (Wildman–Crippen LogP) is 2.29. The molecule has 2 aromatic heterocycles. The molecule has 0 saturated heterocycles. The Balaban J connectivity index is 2.39. The number of hydrogen-bond acceptors (Lipinski definition) is 5. The highest BCUT2D eigenvalue weighted by molar-refractivity contribution is 7.91. The molecule has 0 bridgehead atoms. The van der Waals surface area contributed by atoms with E-state index in [0.717, 1.165) is 11.1 Å². The Morgan fingerprint density at radius 2 is 2.05 bits per heavy atom. The van der Waals surface area contributed by atoms with Gasteiger partial charge in [0.05, 0.1) is 21.0 Å². The zero-order valence-electron chi connectivity index (χ0n) is 11.0. The highest BCUT2D eigenvalue weighted by atomic mass is 32.2. The monoisotopic (exact) mass is 307 g/mol. The maximum Gasteiger partial charge on any atom is 0.177 e. The number of anilines is 1. The highest BCUT2D eigenvalue weighted by Gasteiger charge is 2.19. The number of aryl methyl sites for hydroxylation is 1. The van der Waals surface area contributed by atoms with Gasteiger partial charge in [-0.05, 0) is 23.6 Å². The van der Waals surface area contributed by atoms with Gasteiger partial charge in [-0.15, -0.1) is 11.3 Å². The fourth-order valence-electron chi connectivity index (χ4n) is 2.23. The summed E-state index contributed by atoms with van der Waals surface area (Å²) in [5.41, 5.74) is 8.02. The van der Waals surface area contributed by atoms with Crippen LogP contribution in [0, 0.1) is 0 Å². The summed E-state index contributed by atoms with van der Waals surface area (Å²) < 4.78 is 25.6. The molecular formula is C13H13N3O2S2. The number of nitrogens with two attached hydrogens (primary N) is 1. The summed E-state index contributed by atoms with van der Waals surface area (Å²) in [6.45, 7) is 0. The number of hydrogen-bond donors (Lipinski definition) is 1. The number of nitrogen functional groups attached to an aromatic ring is 1. The minimum atomic E-state index is -3.32. The highest BCUT2D eigenvalue weighted by Crippen LogP contribution is 2.33. The van der Waals surface area contributed by atoms with Gasteiger partial charge in [0.1, 0.15) is 11.3 Å². The van der Waals surface area contributed by atoms with E-state index >= 15 is 0 Å². The van der Waals surface area contributed by atoms with Crippen molar-refractivity contribution in [2.24, 2.45) is 7.05 Å². The van der Waals surface area contributed by atoms with Crippen molar-refractivity contribution in [3.05, 3.63) is 29.6 Å². The molecule has 0 radical (unpaired) electrons. The summed E-state index contributed by atoms with van der Waals surface area (Å²) in [5.74, 6) is 0.676. The zero-order chi connectivity index (χ0) is 14.5. The van der Waals surface area contributed by atoms with Crippen molar-refractivity contribution in [1.29, 1.82) is 0 Å². The van der Waals surface area contributed by atoms with Crippen LogP contribution in [0.4, 0.5) is 5.00 Å². The summed E-state index contributed by atoms with van der Waals surface area (Å²) in [6.07, 6.45) is 1.19. The van der Waals surface area contributed by atoms with Gasteiger partial charge in [-0.3, -0.25) is 0 Å². The zero-order valence-corrected chi connectivity index (χ0v) is 12.6. The summed E-state index contributed by atoms with van der Waals surface area (Å²) >= 11 is 1.43. The maximum absolute atomic E-state index is 11.8. The lowest BCUT2D eigenvalue weighted by atomic mass is 10.3. The van der Waals surface area contributed by atoms with E-state index in [1.165, 1.54) is 17.6 Å². The van der Waals surface area contributed by atoms with Crippen LogP contribution in [0.25, 0.3) is 22.4 Å². The number of thiophene rings is 1. The maximum atomic E-state index is 11.8. The lowest BCUT2D eigenvalue weighted by molar-refractivity contribution is 0.602. The van der Waals surface area contributed by atoms with Gasteiger partial charge in [-0.1, -0.05) is 6.07 Å². The van der Waals surface area contributed by atoms with Crippen LogP contribution < -0.4 is 5.73 Å². The number of rotatable bonds is 2. The summed E-state index contributed by atoms with van der Waals surface area (Å²) in [4.78, 5) is 4.73. The third kappa shape index (κ3) is 1.90. The van der Waals surface area contributed by atoms with Crippen LogP contribution in [0.5, 0.6) is 0 Å². The van der Waals surface area contributed by atoms with Gasteiger partial charge in [0.2, 0.25) is 0 Å². The van der Waals surface area contributed by atoms with E-state index in [0.29, 0.717) is 16.3 Å². The van der Waals surface area contributed by atoms with E-state index in [4.69, 9.17) is 5.73 Å². The Morgan fingerprint density at radius 1 is 1.30 bits per heavy atom. The van der Waals surface area contributed by atoms with Gasteiger partial charge in [0, 0.05) is 13.3 Å². The molecule has 0 atom stereocenters. The van der Waals surface area contributed by atoms with Gasteiger partial charge in [0.15, 0.2) is 9.84 Å². The van der Waals surface area contributed by atoms with Crippen LogP contribution in [0.3, 0.4) is 0 Å². The number of para-hydroxylation sites is 1. The smallest absolute Gasteiger partial charge is 0.177 e. The third-order valence-electron chi connectivity index (χ3n) is 3.21. The van der Waals surface area contributed by atoms with Crippen molar-refractivity contribution in [2.45, 2.75) is 4.90 Å². The lowest BCUT2D eigenvalue weighted by Crippen LogP contribution is -1.98. The Hall–Kier alpha value is -1.86. The van der Waals surface area contributed by atoms with E-state index < -0.39 is 9.84 Å². The molecule has 0 saturated carbocycles. The number of aromatic nitrogens is 2. The van der Waals surface area contributed by atoms with E-state index in [2.05, 4.69) is 4.98 Å². The Bertz CT molecular complexity index is 907. The Labute approximate surface area is 120 Å². The molecule has 2 N–H and O–H groups in total. The second kappa shape index (κ2) is 4.32. The van der Waals surface area contributed by atoms with Crippen LogP contribution in [0.1, 0.15) is 0 Å². The molecule has 0 fully saturated rings. The van der Waals surface area contributed by atoms with Crippen LogP contribution in [0.15, 0.2) is 34.5 Å². The molecule has 3 aromatic rings. The molecule has 2 heterocycles. The van der Waals surface area contributed by atoms with Crippen molar-refractivity contribution in [3.8, 4) is 11.4 Å². The van der Waals surface area contributed by atoms with Crippen molar-refractivity contribution in [3.63, 3.8) is 0 Å². The molecule has 0 aliphatic heterocycles. The van der Waals surface area contributed by atoms with Gasteiger partial charge < -0.3 is 10.3 Å². The quantitative estimate of drug-likeness (QED) is 0.788. The molecular weight excluding hydrogens is 294 g/mol. The standard InChI is InChI=1S/C13H13N3O2S2/c1-16-9-4-3-5-10(20(2,17)18)11(9)15-13(16)8-6-7-19-12(8)14/h3-7H,14H2,1-2H3. The largest absolute Gasteiger partial charge is 0.390 e. The topological polar surface area (TPSA) is 78.0 Å². The second-order valence-electron chi connectivity index (χ2n) is 4.59. The van der Waals surface area contributed by atoms with Gasteiger partial charge in [-0.2, -0.15) is 0 Å². The number of benzene rings is 1. The molecule has 20 heavy (non-hydrogen) atoms. The first-order valence-electron chi connectivity index (χ1n) is 5.88. The van der Waals surface area contributed by atoms with E-state index in [1.807, 2.05) is 29.1 Å². The number of imidazole rings is 1. The molecule has 3 rings (SSSR count). The molecule has 7 heteroatoms. The Kier molecular flexibility index (Phi) is 2.84. The Morgan fingerprint density at radius 3 is 2.65 bits per heavy atom. The lowest BCUT2D eigenvalue weighted by Gasteiger charge is -2.01. The van der Waals surface area contributed by atoms with Crippen LogP contribution in [-0.2, 0) is 16.9 Å². The molecule has 5 nitrogen and oxygen atoms in total. The summed E-state index contributed by atoms with van der Waals surface area (Å²) in [6, 6.07) is 7.04. The minimum Gasteiger partial charge on any atom is -0.390 e. The van der Waals surface area contributed by atoms with E-state index in [1.54, 1.807) is 12.1 Å². The minimum absolute atomic E-state index is 0.241. The SMILES string of the molecule is Cn1c(-c2ccsc2N)nc2c(S(C)(=O)=O)cccc21. The van der Waals surface area contributed by atoms with Crippen LogP contribution in [-0.4, -0.2) is 24.2 Å². The average Bonchev–Trinajstić information content (AvgIpc) is 2.92. The predicted molar refractivity (Wildman–Crippen MR) is 81.5 cm³/mol. The average molecular weight is 307 g/mol. The first-order chi connectivity index (χ1) is 9.39. The summed E-state index contributed by atoms with van der Waals surface area (Å²) in [7, 11) is -1.46. The normalized spacial score (nSPS) is 12.1. The summed E-state index contributed by atoms with van der Waals surface area (Å²) in [5, 5.41) is 2.56. The first-order valence-corrected chi connectivity index (χ1v) is 8.65. The number of fused-ring (bicyclic) bond motifs is 1. The van der Waals surface area contributed by atoms with E-state index in [9.17, 15) is 8.42 Å². The van der Waals surface area contributed by atoms with Crippen molar-refractivity contribution >= 4 is 37.2 Å². The van der Waals surface area contributed by atoms with Gasteiger partial charge in [-0.25, -0.2) is 13.4 Å². The van der Waals surface area contributed by atoms with Gasteiger partial charge >= 0.3 is 0 Å². The molecule has 104 valence electrons. The molecule has 0 amide bonds. The molecule has 0 spiro atoms. The van der Waals surface area contributed by atoms with Crippen LogP contribution >= 0.6 is 11.3 Å².